The SMILES string of the molecule is FC1=CC(=CC=C2NC=CN2)C=C1F. The van der Waals surface area contributed by atoms with Gasteiger partial charge in [0.1, 0.15) is 5.82 Å². The number of rotatable bonds is 1. The van der Waals surface area contributed by atoms with Gasteiger partial charge in [0.2, 0.25) is 0 Å². The fourth-order valence-corrected chi connectivity index (χ4v) is 1.15. The second-order valence-electron chi connectivity index (χ2n) is 2.85. The molecular weight excluding hydrogens is 186 g/mol. The Balaban J connectivity index is 2.11. The van der Waals surface area contributed by atoms with Crippen LogP contribution in [0.15, 0.2) is 59.8 Å². The van der Waals surface area contributed by atoms with E-state index in [-0.39, 0.29) is 0 Å². The maximum Gasteiger partial charge on any atom is 0.159 e. The molecule has 14 heavy (non-hydrogen) atoms. The van der Waals surface area contributed by atoms with Crippen molar-refractivity contribution in [1.29, 1.82) is 0 Å². The zero-order valence-corrected chi connectivity index (χ0v) is 7.22. The minimum atomic E-state index is -0.819. The van der Waals surface area contributed by atoms with E-state index in [1.807, 2.05) is 0 Å². The van der Waals surface area contributed by atoms with E-state index in [0.29, 0.717) is 5.57 Å². The lowest BCUT2D eigenvalue weighted by Gasteiger charge is -1.95. The van der Waals surface area contributed by atoms with E-state index in [9.17, 15) is 8.78 Å². The molecule has 1 heterocycles. The molecule has 0 atom stereocenters. The van der Waals surface area contributed by atoms with Crippen LogP contribution in [0.1, 0.15) is 0 Å². The van der Waals surface area contributed by atoms with Crippen LogP contribution in [0.25, 0.3) is 0 Å². The Morgan fingerprint density at radius 3 is 2.07 bits per heavy atom. The molecule has 4 heteroatoms. The first-order chi connectivity index (χ1) is 6.75. The van der Waals surface area contributed by atoms with Gasteiger partial charge in [-0.05, 0) is 23.8 Å². The third-order valence-corrected chi connectivity index (χ3v) is 1.82. The summed E-state index contributed by atoms with van der Waals surface area (Å²) in [5.41, 5.74) is 0.503. The summed E-state index contributed by atoms with van der Waals surface area (Å²) in [5, 5.41) is 5.80. The summed E-state index contributed by atoms with van der Waals surface area (Å²) in [7, 11) is 0. The summed E-state index contributed by atoms with van der Waals surface area (Å²) in [5.74, 6) is -0.868. The summed E-state index contributed by atoms with van der Waals surface area (Å²) in [6.45, 7) is 0. The molecule has 0 saturated heterocycles. The zero-order valence-electron chi connectivity index (χ0n) is 7.22. The van der Waals surface area contributed by atoms with E-state index in [1.54, 1.807) is 24.6 Å². The van der Waals surface area contributed by atoms with Crippen molar-refractivity contribution < 1.29 is 8.78 Å². The summed E-state index contributed by atoms with van der Waals surface area (Å²) >= 11 is 0. The maximum atomic E-state index is 12.6. The molecule has 0 aromatic rings. The van der Waals surface area contributed by atoms with E-state index in [2.05, 4.69) is 10.6 Å². The molecule has 0 unspecified atom stereocenters. The highest BCUT2D eigenvalue weighted by Gasteiger charge is 2.10. The third-order valence-electron chi connectivity index (χ3n) is 1.82. The lowest BCUT2D eigenvalue weighted by molar-refractivity contribution is 0.551. The molecule has 0 saturated carbocycles. The molecular formula is C10H8F2N2. The van der Waals surface area contributed by atoms with Gasteiger partial charge in [0.15, 0.2) is 11.7 Å². The first-order valence-corrected chi connectivity index (χ1v) is 4.10. The Hall–Kier alpha value is -1.84. The molecule has 2 rings (SSSR count). The molecule has 0 fully saturated rings. The van der Waals surface area contributed by atoms with Crippen LogP contribution >= 0.6 is 0 Å². The minimum Gasteiger partial charge on any atom is -0.347 e. The molecule has 72 valence electrons. The largest absolute Gasteiger partial charge is 0.347 e. The van der Waals surface area contributed by atoms with Gasteiger partial charge in [-0.25, -0.2) is 8.78 Å². The van der Waals surface area contributed by atoms with Crippen molar-refractivity contribution in [2.75, 3.05) is 0 Å². The molecule has 0 bridgehead atoms. The van der Waals surface area contributed by atoms with Gasteiger partial charge in [-0.15, -0.1) is 0 Å². The maximum absolute atomic E-state index is 12.6. The van der Waals surface area contributed by atoms with Crippen LogP contribution in [0.5, 0.6) is 0 Å². The molecule has 0 spiro atoms. The average Bonchev–Trinajstić information content (AvgIpc) is 2.74. The Labute approximate surface area is 80.0 Å². The quantitative estimate of drug-likeness (QED) is 0.668. The number of hydrogen-bond acceptors (Lipinski definition) is 2. The summed E-state index contributed by atoms with van der Waals surface area (Å²) in [6.07, 6.45) is 9.07. The Kier molecular flexibility index (Phi) is 2.18. The van der Waals surface area contributed by atoms with Gasteiger partial charge in [0, 0.05) is 12.4 Å². The summed E-state index contributed by atoms with van der Waals surface area (Å²) in [4.78, 5) is 0. The normalized spacial score (nSPS) is 18.7. The fourth-order valence-electron chi connectivity index (χ4n) is 1.15. The highest BCUT2D eigenvalue weighted by molar-refractivity contribution is 5.48. The minimum absolute atomic E-state index is 0.503. The Bertz CT molecular complexity index is 370. The Morgan fingerprint density at radius 1 is 0.929 bits per heavy atom. The third kappa shape index (κ3) is 1.74. The highest BCUT2D eigenvalue weighted by Crippen LogP contribution is 2.24. The summed E-state index contributed by atoms with van der Waals surface area (Å²) < 4.78 is 25.2. The van der Waals surface area contributed by atoms with Gasteiger partial charge in [-0.2, -0.15) is 0 Å². The van der Waals surface area contributed by atoms with Gasteiger partial charge < -0.3 is 10.6 Å². The van der Waals surface area contributed by atoms with Crippen molar-refractivity contribution in [3.63, 3.8) is 0 Å². The van der Waals surface area contributed by atoms with Crippen LogP contribution in [0.3, 0.4) is 0 Å². The van der Waals surface area contributed by atoms with Gasteiger partial charge >= 0.3 is 0 Å². The Morgan fingerprint density at radius 2 is 1.50 bits per heavy atom. The van der Waals surface area contributed by atoms with E-state index >= 15 is 0 Å². The van der Waals surface area contributed by atoms with Gasteiger partial charge in [-0.3, -0.25) is 0 Å². The van der Waals surface area contributed by atoms with Crippen LogP contribution in [-0.4, -0.2) is 0 Å². The molecule has 2 N–H and O–H groups in total. The first-order valence-electron chi connectivity index (χ1n) is 4.10. The fraction of sp³-hybridized carbons (Fsp3) is 0. The standard InChI is InChI=1S/C10H8F2N2/c11-8-5-7(6-9(8)12)1-2-10-13-3-4-14-10/h1-6,13-14H. The smallest absolute Gasteiger partial charge is 0.159 e. The summed E-state index contributed by atoms with van der Waals surface area (Å²) in [6, 6.07) is 0. The van der Waals surface area contributed by atoms with E-state index in [4.69, 9.17) is 0 Å². The van der Waals surface area contributed by atoms with Crippen molar-refractivity contribution in [3.05, 3.63) is 59.8 Å². The van der Waals surface area contributed by atoms with Crippen molar-refractivity contribution in [1.82, 2.24) is 10.6 Å². The van der Waals surface area contributed by atoms with Crippen molar-refractivity contribution in [2.45, 2.75) is 0 Å². The molecule has 0 radical (unpaired) electrons. The van der Waals surface area contributed by atoms with Gasteiger partial charge in [-0.1, -0.05) is 6.08 Å². The van der Waals surface area contributed by atoms with Crippen LogP contribution in [-0.2, 0) is 0 Å². The molecule has 0 aromatic heterocycles. The van der Waals surface area contributed by atoms with E-state index < -0.39 is 11.7 Å². The van der Waals surface area contributed by atoms with Crippen molar-refractivity contribution in [2.24, 2.45) is 0 Å². The second-order valence-corrected chi connectivity index (χ2v) is 2.85. The second kappa shape index (κ2) is 3.49. The van der Waals surface area contributed by atoms with Gasteiger partial charge in [0.25, 0.3) is 0 Å². The topological polar surface area (TPSA) is 24.1 Å². The van der Waals surface area contributed by atoms with E-state index in [1.165, 1.54) is 0 Å². The zero-order chi connectivity index (χ0) is 9.97. The van der Waals surface area contributed by atoms with Crippen LogP contribution in [0.4, 0.5) is 8.78 Å². The molecule has 0 amide bonds. The van der Waals surface area contributed by atoms with Crippen LogP contribution < -0.4 is 10.6 Å². The molecule has 1 aliphatic carbocycles. The number of hydrogen-bond donors (Lipinski definition) is 2. The van der Waals surface area contributed by atoms with Crippen LogP contribution in [0.2, 0.25) is 0 Å². The van der Waals surface area contributed by atoms with Gasteiger partial charge in [0.05, 0.1) is 0 Å². The first kappa shape index (κ1) is 8.74. The molecule has 2 aliphatic rings. The molecule has 0 aromatic carbocycles. The predicted octanol–water partition coefficient (Wildman–Crippen LogP) is 2.14. The molecule has 2 nitrogen and oxygen atoms in total. The lowest BCUT2D eigenvalue weighted by Crippen LogP contribution is -2.08. The molecule has 1 aliphatic heterocycles. The lowest BCUT2D eigenvalue weighted by atomic mass is 10.2. The van der Waals surface area contributed by atoms with Crippen molar-refractivity contribution >= 4 is 0 Å². The number of allylic oxidation sites excluding steroid dienone is 7. The predicted molar refractivity (Wildman–Crippen MR) is 50.0 cm³/mol. The average molecular weight is 194 g/mol. The van der Waals surface area contributed by atoms with E-state index in [0.717, 1.165) is 18.0 Å². The number of halogens is 2. The van der Waals surface area contributed by atoms with Crippen molar-refractivity contribution in [3.8, 4) is 0 Å². The number of nitrogens with one attached hydrogen (secondary N) is 2. The monoisotopic (exact) mass is 194 g/mol. The highest BCUT2D eigenvalue weighted by atomic mass is 19.2. The van der Waals surface area contributed by atoms with Crippen LogP contribution in [0, 0.1) is 0 Å².